The Kier molecular flexibility index (Phi) is 7.44. The molecule has 0 aliphatic heterocycles. The molecule has 0 aromatic carbocycles. The third kappa shape index (κ3) is 6.74. The number of nitriles is 1. The molecule has 4 heteroatoms. The van der Waals surface area contributed by atoms with Gasteiger partial charge in [0.25, 0.3) is 0 Å². The van der Waals surface area contributed by atoms with Crippen molar-refractivity contribution < 1.29 is 26.2 Å². The van der Waals surface area contributed by atoms with Crippen molar-refractivity contribution >= 4 is 8.24 Å². The molecule has 0 aromatic rings. The molecule has 0 aromatic heterocycles. The predicted molar refractivity (Wildman–Crippen MR) is 24.8 cm³/mol. The summed E-state index contributed by atoms with van der Waals surface area (Å²) in [5.74, 6) is 0. The standard InChI is InChI=1S/C2H5O.CHNS.Hg/c1-2-3;2-1-3;/h2H2,1H3;3H;/q-1;;+2/p-1. The monoisotopic (exact) mass is 305 g/mol. The van der Waals surface area contributed by atoms with Gasteiger partial charge in [0.05, 0.1) is 0 Å². The second-order valence-electron chi connectivity index (χ2n) is 0.846. The van der Waals surface area contributed by atoms with E-state index in [1.54, 1.807) is 0 Å². The number of hydrogen-bond donors (Lipinski definition) is 0. The summed E-state index contributed by atoms with van der Waals surface area (Å²) in [6.45, 7) is 2.74. The van der Waals surface area contributed by atoms with Gasteiger partial charge in [-0.15, -0.1) is 0 Å². The molecule has 0 aliphatic rings. The first kappa shape index (κ1) is 7.74. The third-order valence-electron chi connectivity index (χ3n) is 0.411. The molecule has 0 aliphatic carbocycles. The topological polar surface area (TPSA) is 33.0 Å². The Bertz CT molecular complexity index is 71.8. The molecular formula is C3H5HgNOS. The zero-order valence-electron chi connectivity index (χ0n) is 4.18. The van der Waals surface area contributed by atoms with Gasteiger partial charge in [-0.3, -0.25) is 0 Å². The Morgan fingerprint density at radius 1 is 2.00 bits per heavy atom. The SMILES string of the molecule is CC[O][Hg][S]C#N. The number of rotatable bonds is 3. The molecule has 0 N–H and O–H groups in total. The Labute approximate surface area is 58.4 Å². The molecule has 2 nitrogen and oxygen atoms in total. The molecule has 0 spiro atoms. The van der Waals surface area contributed by atoms with Gasteiger partial charge in [-0.05, 0) is 0 Å². The summed E-state index contributed by atoms with van der Waals surface area (Å²) in [7, 11) is 1.34. The summed E-state index contributed by atoms with van der Waals surface area (Å²) in [6, 6.07) is 0. The molecule has 0 saturated carbocycles. The van der Waals surface area contributed by atoms with Crippen molar-refractivity contribution in [1.82, 2.24) is 0 Å². The van der Waals surface area contributed by atoms with Crippen LogP contribution in [0.15, 0.2) is 0 Å². The Morgan fingerprint density at radius 3 is 3.14 bits per heavy atom. The van der Waals surface area contributed by atoms with E-state index in [0.717, 1.165) is 6.61 Å². The van der Waals surface area contributed by atoms with Crippen LogP contribution in [0.25, 0.3) is 0 Å². The molecule has 36 valence electrons. The fourth-order valence-electron chi connectivity index (χ4n) is 0.151. The summed E-state index contributed by atoms with van der Waals surface area (Å²) in [6.07, 6.45) is 0. The first-order valence-corrected chi connectivity index (χ1v) is 12.0. The number of hydrogen-bond acceptors (Lipinski definition) is 3. The van der Waals surface area contributed by atoms with Crippen molar-refractivity contribution in [2.75, 3.05) is 6.61 Å². The van der Waals surface area contributed by atoms with E-state index in [1.807, 2.05) is 12.3 Å². The van der Waals surface area contributed by atoms with Crippen LogP contribution in [-0.2, 0) is 26.2 Å². The Balaban J connectivity index is 2.60. The minimum absolute atomic E-state index is 0.788. The van der Waals surface area contributed by atoms with Crippen LogP contribution in [-0.4, -0.2) is 6.61 Å². The van der Waals surface area contributed by atoms with E-state index < -0.39 is 23.5 Å². The molecule has 0 rings (SSSR count). The normalized spacial score (nSPS) is 6.86. The molecule has 0 atom stereocenters. The van der Waals surface area contributed by atoms with Gasteiger partial charge in [-0.2, -0.15) is 0 Å². The molecule has 0 heterocycles. The Hall–Kier alpha value is 0.735. The van der Waals surface area contributed by atoms with E-state index in [1.165, 1.54) is 8.24 Å². The van der Waals surface area contributed by atoms with Gasteiger partial charge in [0, 0.05) is 0 Å². The zero-order chi connectivity index (χ0) is 5.54. The molecule has 7 heavy (non-hydrogen) atoms. The van der Waals surface area contributed by atoms with Crippen LogP contribution in [0.5, 0.6) is 0 Å². The van der Waals surface area contributed by atoms with Crippen molar-refractivity contribution in [2.24, 2.45) is 0 Å². The van der Waals surface area contributed by atoms with Crippen molar-refractivity contribution in [3.05, 3.63) is 0 Å². The third-order valence-corrected chi connectivity index (χ3v) is 7.24. The van der Waals surface area contributed by atoms with Gasteiger partial charge >= 0.3 is 58.6 Å². The summed E-state index contributed by atoms with van der Waals surface area (Å²) in [5.41, 5.74) is 0. The van der Waals surface area contributed by atoms with Gasteiger partial charge in [0.15, 0.2) is 0 Å². The summed E-state index contributed by atoms with van der Waals surface area (Å²) >= 11 is -1.15. The van der Waals surface area contributed by atoms with Crippen molar-refractivity contribution in [1.29, 1.82) is 5.26 Å². The number of thiocyanates is 1. The van der Waals surface area contributed by atoms with Crippen LogP contribution in [0.1, 0.15) is 6.92 Å². The maximum atomic E-state index is 7.98. The fourth-order valence-corrected chi connectivity index (χ4v) is 3.98. The number of nitrogens with zero attached hydrogens (tertiary/aromatic N) is 1. The van der Waals surface area contributed by atoms with E-state index in [-0.39, 0.29) is 0 Å². The average molecular weight is 304 g/mol. The van der Waals surface area contributed by atoms with Crippen molar-refractivity contribution in [3.8, 4) is 5.40 Å². The van der Waals surface area contributed by atoms with Crippen LogP contribution < -0.4 is 0 Å². The molecule has 0 amide bonds. The van der Waals surface area contributed by atoms with Crippen LogP contribution in [0.4, 0.5) is 0 Å². The van der Waals surface area contributed by atoms with Gasteiger partial charge in [-0.25, -0.2) is 0 Å². The molecule has 0 fully saturated rings. The summed E-state index contributed by atoms with van der Waals surface area (Å²) in [4.78, 5) is 0. The molecule has 0 radical (unpaired) electrons. The van der Waals surface area contributed by atoms with Gasteiger partial charge in [0.1, 0.15) is 0 Å². The van der Waals surface area contributed by atoms with E-state index >= 15 is 0 Å². The van der Waals surface area contributed by atoms with Gasteiger partial charge in [0.2, 0.25) is 0 Å². The fraction of sp³-hybridized carbons (Fsp3) is 0.667. The van der Waals surface area contributed by atoms with Crippen LogP contribution in [0, 0.1) is 10.7 Å². The Morgan fingerprint density at radius 2 is 2.71 bits per heavy atom. The predicted octanol–water partition coefficient (Wildman–Crippen LogP) is 1.15. The zero-order valence-corrected chi connectivity index (χ0v) is 10.5. The molecule has 0 bridgehead atoms. The van der Waals surface area contributed by atoms with Crippen molar-refractivity contribution in [2.45, 2.75) is 6.92 Å². The summed E-state index contributed by atoms with van der Waals surface area (Å²) in [5, 5.41) is 9.97. The van der Waals surface area contributed by atoms with Crippen LogP contribution in [0.3, 0.4) is 0 Å². The second kappa shape index (κ2) is 6.74. The van der Waals surface area contributed by atoms with Crippen molar-refractivity contribution in [3.63, 3.8) is 0 Å². The van der Waals surface area contributed by atoms with Gasteiger partial charge < -0.3 is 0 Å². The first-order chi connectivity index (χ1) is 3.41. The van der Waals surface area contributed by atoms with E-state index in [4.69, 9.17) is 7.91 Å². The maximum absolute atomic E-state index is 7.98. The summed E-state index contributed by atoms with van der Waals surface area (Å²) < 4.78 is 5.04. The van der Waals surface area contributed by atoms with E-state index in [9.17, 15) is 0 Å². The average Bonchev–Trinajstić information content (AvgIpc) is 1.69. The minimum atomic E-state index is -1.15. The van der Waals surface area contributed by atoms with E-state index in [0.29, 0.717) is 0 Å². The second-order valence-corrected chi connectivity index (χ2v) is 9.26. The van der Waals surface area contributed by atoms with Crippen LogP contribution in [0.2, 0.25) is 0 Å². The molecule has 0 saturated heterocycles. The molecular weight excluding hydrogens is 299 g/mol. The quantitative estimate of drug-likeness (QED) is 0.445. The molecule has 0 unspecified atom stereocenters. The van der Waals surface area contributed by atoms with Crippen LogP contribution >= 0.6 is 8.24 Å². The van der Waals surface area contributed by atoms with E-state index in [2.05, 4.69) is 0 Å². The first-order valence-electron chi connectivity index (χ1n) is 2.00. The van der Waals surface area contributed by atoms with Gasteiger partial charge in [-0.1, -0.05) is 0 Å².